The third-order valence-corrected chi connectivity index (χ3v) is 4.28. The predicted molar refractivity (Wildman–Crippen MR) is 56.7 cm³/mol. The van der Waals surface area contributed by atoms with Gasteiger partial charge in [0, 0.05) is 6.04 Å². The van der Waals surface area contributed by atoms with Gasteiger partial charge in [-0.05, 0) is 50.5 Å². The van der Waals surface area contributed by atoms with Crippen molar-refractivity contribution in [1.82, 2.24) is 5.32 Å². The van der Waals surface area contributed by atoms with Gasteiger partial charge in [-0.25, -0.2) is 0 Å². The molecule has 0 spiro atoms. The first-order valence-electron chi connectivity index (χ1n) is 6.02. The van der Waals surface area contributed by atoms with E-state index in [1.54, 1.807) is 6.42 Å². The van der Waals surface area contributed by atoms with Gasteiger partial charge in [0.2, 0.25) is 0 Å². The minimum absolute atomic E-state index is 0.820. The van der Waals surface area contributed by atoms with Crippen LogP contribution in [0, 0.1) is 17.8 Å². The van der Waals surface area contributed by atoms with E-state index in [0.29, 0.717) is 0 Å². The Morgan fingerprint density at radius 3 is 2.62 bits per heavy atom. The topological polar surface area (TPSA) is 12.0 Å². The molecule has 1 N–H and O–H groups in total. The van der Waals surface area contributed by atoms with Crippen molar-refractivity contribution >= 4 is 0 Å². The molecular formula is C12H23N. The van der Waals surface area contributed by atoms with E-state index < -0.39 is 0 Å². The molecule has 0 heterocycles. The Morgan fingerprint density at radius 1 is 1.31 bits per heavy atom. The van der Waals surface area contributed by atoms with Gasteiger partial charge >= 0.3 is 0 Å². The fourth-order valence-corrected chi connectivity index (χ4v) is 3.67. The molecule has 2 aliphatic rings. The lowest BCUT2D eigenvalue weighted by Gasteiger charge is -2.30. The summed E-state index contributed by atoms with van der Waals surface area (Å²) in [5, 5.41) is 3.53. The van der Waals surface area contributed by atoms with Gasteiger partial charge in [-0.1, -0.05) is 19.8 Å². The molecule has 1 heteroatoms. The number of hydrogen-bond acceptors (Lipinski definition) is 1. The summed E-state index contributed by atoms with van der Waals surface area (Å²) < 4.78 is 0. The number of nitrogens with one attached hydrogen (secondary N) is 1. The molecule has 1 nitrogen and oxygen atoms in total. The van der Waals surface area contributed by atoms with Crippen molar-refractivity contribution in [2.75, 3.05) is 7.05 Å². The first-order valence-corrected chi connectivity index (χ1v) is 6.02. The average Bonchev–Trinajstić information content (AvgIpc) is 2.74. The Kier molecular flexibility index (Phi) is 2.92. The summed E-state index contributed by atoms with van der Waals surface area (Å²) in [6.07, 6.45) is 8.84. The minimum atomic E-state index is 0.820. The van der Waals surface area contributed by atoms with Crippen LogP contribution in [0.15, 0.2) is 0 Å². The summed E-state index contributed by atoms with van der Waals surface area (Å²) in [5.74, 6) is 3.19. The Bertz CT molecular complexity index is 167. The number of fused-ring (bicyclic) bond motifs is 2. The zero-order valence-electron chi connectivity index (χ0n) is 9.05. The quantitative estimate of drug-likeness (QED) is 0.703. The Morgan fingerprint density at radius 2 is 2.15 bits per heavy atom. The van der Waals surface area contributed by atoms with Crippen molar-refractivity contribution in [2.45, 2.75) is 51.5 Å². The van der Waals surface area contributed by atoms with Gasteiger partial charge in [0.15, 0.2) is 0 Å². The summed E-state index contributed by atoms with van der Waals surface area (Å²) in [5.41, 5.74) is 0. The molecule has 2 saturated carbocycles. The van der Waals surface area contributed by atoms with Gasteiger partial charge in [-0.15, -0.1) is 0 Å². The van der Waals surface area contributed by atoms with Crippen molar-refractivity contribution in [2.24, 2.45) is 17.8 Å². The first-order chi connectivity index (χ1) is 6.35. The fraction of sp³-hybridized carbons (Fsp3) is 1.00. The number of hydrogen-bond donors (Lipinski definition) is 1. The molecule has 0 saturated heterocycles. The van der Waals surface area contributed by atoms with E-state index in [4.69, 9.17) is 0 Å². The molecule has 4 atom stereocenters. The highest BCUT2D eigenvalue weighted by atomic mass is 14.9. The third kappa shape index (κ3) is 1.76. The van der Waals surface area contributed by atoms with Gasteiger partial charge in [0.05, 0.1) is 0 Å². The van der Waals surface area contributed by atoms with Crippen molar-refractivity contribution < 1.29 is 0 Å². The standard InChI is InChI=1S/C12H23N/c1-3-4-12(13-2)11-8-9-5-6-10(11)7-9/h9-13H,3-8H2,1-2H3. The van der Waals surface area contributed by atoms with Crippen LogP contribution in [0.2, 0.25) is 0 Å². The largest absolute Gasteiger partial charge is 0.317 e. The highest BCUT2D eigenvalue weighted by molar-refractivity contribution is 4.94. The second-order valence-corrected chi connectivity index (χ2v) is 5.02. The maximum Gasteiger partial charge on any atom is 0.00949 e. The van der Waals surface area contributed by atoms with E-state index in [2.05, 4.69) is 19.3 Å². The Hall–Kier alpha value is -0.0400. The highest BCUT2D eigenvalue weighted by Gasteiger charge is 2.42. The molecule has 4 unspecified atom stereocenters. The lowest BCUT2D eigenvalue weighted by molar-refractivity contribution is 0.246. The summed E-state index contributed by atoms with van der Waals surface area (Å²) in [4.78, 5) is 0. The van der Waals surface area contributed by atoms with E-state index in [-0.39, 0.29) is 0 Å². The number of rotatable bonds is 4. The molecule has 2 fully saturated rings. The Labute approximate surface area is 82.3 Å². The van der Waals surface area contributed by atoms with Gasteiger partial charge < -0.3 is 5.32 Å². The van der Waals surface area contributed by atoms with Crippen LogP contribution in [0.3, 0.4) is 0 Å². The van der Waals surface area contributed by atoms with E-state index in [1.165, 1.54) is 32.1 Å². The van der Waals surface area contributed by atoms with E-state index >= 15 is 0 Å². The van der Waals surface area contributed by atoms with Crippen LogP contribution >= 0.6 is 0 Å². The zero-order valence-corrected chi connectivity index (χ0v) is 9.05. The highest BCUT2D eigenvalue weighted by Crippen LogP contribution is 2.49. The predicted octanol–water partition coefficient (Wildman–Crippen LogP) is 2.81. The molecule has 13 heavy (non-hydrogen) atoms. The monoisotopic (exact) mass is 181 g/mol. The van der Waals surface area contributed by atoms with Crippen LogP contribution in [0.25, 0.3) is 0 Å². The van der Waals surface area contributed by atoms with Crippen LogP contribution < -0.4 is 5.32 Å². The van der Waals surface area contributed by atoms with Crippen molar-refractivity contribution in [1.29, 1.82) is 0 Å². The SMILES string of the molecule is CCCC(NC)C1CC2CCC1C2. The lowest BCUT2D eigenvalue weighted by Crippen LogP contribution is -2.36. The van der Waals surface area contributed by atoms with Gasteiger partial charge in [0.25, 0.3) is 0 Å². The molecule has 0 amide bonds. The van der Waals surface area contributed by atoms with E-state index in [0.717, 1.165) is 23.8 Å². The third-order valence-electron chi connectivity index (χ3n) is 4.28. The maximum atomic E-state index is 3.53. The van der Waals surface area contributed by atoms with Crippen LogP contribution in [0.4, 0.5) is 0 Å². The maximum absolute atomic E-state index is 3.53. The molecule has 76 valence electrons. The molecular weight excluding hydrogens is 158 g/mol. The second-order valence-electron chi connectivity index (χ2n) is 5.02. The second kappa shape index (κ2) is 4.00. The minimum Gasteiger partial charge on any atom is -0.317 e. The average molecular weight is 181 g/mol. The summed E-state index contributed by atoms with van der Waals surface area (Å²) in [7, 11) is 2.15. The molecule has 2 aliphatic carbocycles. The first kappa shape index (κ1) is 9.51. The normalized spacial score (nSPS) is 39.7. The smallest absolute Gasteiger partial charge is 0.00949 e. The molecule has 2 rings (SSSR count). The molecule has 0 aromatic rings. The molecule has 0 aliphatic heterocycles. The van der Waals surface area contributed by atoms with Gasteiger partial charge in [-0.2, -0.15) is 0 Å². The van der Waals surface area contributed by atoms with Crippen LogP contribution in [0.1, 0.15) is 45.4 Å². The zero-order chi connectivity index (χ0) is 9.26. The summed E-state index contributed by atoms with van der Waals surface area (Å²) >= 11 is 0. The summed E-state index contributed by atoms with van der Waals surface area (Å²) in [6, 6.07) is 0.820. The molecule has 2 bridgehead atoms. The molecule has 0 radical (unpaired) electrons. The Balaban J connectivity index is 1.92. The summed E-state index contributed by atoms with van der Waals surface area (Å²) in [6.45, 7) is 2.30. The molecule has 0 aromatic carbocycles. The lowest BCUT2D eigenvalue weighted by atomic mass is 9.82. The van der Waals surface area contributed by atoms with Crippen molar-refractivity contribution in [3.05, 3.63) is 0 Å². The van der Waals surface area contributed by atoms with Crippen LogP contribution in [-0.4, -0.2) is 13.1 Å². The van der Waals surface area contributed by atoms with Crippen molar-refractivity contribution in [3.63, 3.8) is 0 Å². The van der Waals surface area contributed by atoms with Crippen molar-refractivity contribution in [3.8, 4) is 0 Å². The van der Waals surface area contributed by atoms with E-state index in [1.807, 2.05) is 0 Å². The molecule has 0 aromatic heterocycles. The van der Waals surface area contributed by atoms with Crippen LogP contribution in [-0.2, 0) is 0 Å². The van der Waals surface area contributed by atoms with Crippen LogP contribution in [0.5, 0.6) is 0 Å². The fourth-order valence-electron chi connectivity index (χ4n) is 3.67. The van der Waals surface area contributed by atoms with Gasteiger partial charge in [0.1, 0.15) is 0 Å². The van der Waals surface area contributed by atoms with E-state index in [9.17, 15) is 0 Å². The van der Waals surface area contributed by atoms with Gasteiger partial charge in [-0.3, -0.25) is 0 Å².